The van der Waals surface area contributed by atoms with E-state index in [1.54, 1.807) is 0 Å². The third-order valence-corrected chi connectivity index (χ3v) is 5.92. The van der Waals surface area contributed by atoms with Gasteiger partial charge < -0.3 is 0 Å². The molecule has 0 N–H and O–H groups in total. The molecule has 141 valence electrons. The van der Waals surface area contributed by atoms with Gasteiger partial charge >= 0.3 is 6.73 Å². The first-order valence-electron chi connectivity index (χ1n) is 8.55. The van der Waals surface area contributed by atoms with Crippen LogP contribution in [0.2, 0.25) is 19.6 Å². The number of rotatable bonds is 3. The van der Waals surface area contributed by atoms with E-state index in [9.17, 15) is 0 Å². The summed E-state index contributed by atoms with van der Waals surface area (Å²) < 4.78 is 0. The monoisotopic (exact) mass is 465 g/mol. The quantitative estimate of drug-likeness (QED) is 0.280. The van der Waals surface area contributed by atoms with Crippen LogP contribution in [-0.2, 0) is 0 Å². The van der Waals surface area contributed by atoms with Crippen molar-refractivity contribution in [3.05, 3.63) is 91.0 Å². The summed E-state index contributed by atoms with van der Waals surface area (Å²) in [4.78, 5) is 0. The molecule has 0 amide bonds. The largest absolute Gasteiger partial charge is 0.376 e. The van der Waals surface area contributed by atoms with Crippen molar-refractivity contribution < 1.29 is 0 Å². The topological polar surface area (TPSA) is 0 Å². The summed E-state index contributed by atoms with van der Waals surface area (Å²) in [5.74, 6) is 0. The lowest BCUT2D eigenvalue weighted by molar-refractivity contribution is 1.71. The van der Waals surface area contributed by atoms with Gasteiger partial charge in [0.2, 0.25) is 0 Å². The molecule has 0 aliphatic rings. The predicted octanol–water partition coefficient (Wildman–Crippen LogP) is 5.26. The first-order valence-corrected chi connectivity index (χ1v) is 17.6. The van der Waals surface area contributed by atoms with Crippen molar-refractivity contribution >= 4 is 73.1 Å². The standard InChI is InChI=1S/C18H15Si.C3H9Si.Cl3Si/c1-4-10-16(11-5-1)19(17-12-6-2-7-13-17)18-14-8-3-9-15-18;2*1-4(2)3/h1-15H;1-3H3;. The Hall–Kier alpha value is -0.819. The van der Waals surface area contributed by atoms with Gasteiger partial charge in [0.05, 0.1) is 0 Å². The molecular weight excluding hydrogens is 443 g/mol. The average Bonchev–Trinajstić information content (AvgIpc) is 2.64. The second-order valence-corrected chi connectivity index (χ2v) is 17.2. The van der Waals surface area contributed by atoms with Gasteiger partial charge in [-0.1, -0.05) is 126 Å². The molecule has 0 heterocycles. The van der Waals surface area contributed by atoms with E-state index < -0.39 is 15.5 Å². The SMILES string of the molecule is C[Si](C)C.Cl[Si](Cl)Cl.c1ccc([Si](c2ccccc2)c2ccccc2)cc1. The molecule has 3 rings (SSSR count). The van der Waals surface area contributed by atoms with E-state index in [-0.39, 0.29) is 8.80 Å². The molecule has 0 atom stereocenters. The minimum atomic E-state index is -1.46. The maximum atomic E-state index is 4.91. The van der Waals surface area contributed by atoms with E-state index in [0.717, 1.165) is 0 Å². The third kappa shape index (κ3) is 10.9. The van der Waals surface area contributed by atoms with Gasteiger partial charge in [-0.25, -0.2) is 0 Å². The van der Waals surface area contributed by atoms with Gasteiger partial charge in [0.1, 0.15) is 0 Å². The maximum Gasteiger partial charge on any atom is 0.376 e. The predicted molar refractivity (Wildman–Crippen MR) is 131 cm³/mol. The summed E-state index contributed by atoms with van der Waals surface area (Å²) in [6, 6.07) is 32.5. The first kappa shape index (κ1) is 24.2. The Morgan fingerprint density at radius 2 is 0.667 bits per heavy atom. The van der Waals surface area contributed by atoms with Crippen molar-refractivity contribution in [2.75, 3.05) is 0 Å². The van der Waals surface area contributed by atoms with Crippen LogP contribution >= 0.6 is 33.2 Å². The zero-order valence-corrected chi connectivity index (χ0v) is 21.1. The summed E-state index contributed by atoms with van der Waals surface area (Å²) in [6.07, 6.45) is 0. The molecule has 0 fully saturated rings. The van der Waals surface area contributed by atoms with Gasteiger partial charge in [0, 0.05) is 8.80 Å². The Morgan fingerprint density at radius 3 is 0.852 bits per heavy atom. The molecule has 0 bridgehead atoms. The summed E-state index contributed by atoms with van der Waals surface area (Å²) in [7, 11) is -0.757. The second-order valence-electron chi connectivity index (χ2n) is 6.19. The van der Waals surface area contributed by atoms with E-state index in [2.05, 4.69) is 111 Å². The fourth-order valence-electron chi connectivity index (χ4n) is 2.31. The molecule has 6 heteroatoms. The Balaban J connectivity index is 0.000000390. The average molecular weight is 467 g/mol. The van der Waals surface area contributed by atoms with Crippen LogP contribution in [-0.4, -0.2) is 24.3 Å². The minimum Gasteiger partial charge on any atom is -0.125 e. The van der Waals surface area contributed by atoms with Crippen LogP contribution < -0.4 is 15.6 Å². The Bertz CT molecular complexity index is 618. The molecule has 0 aliphatic carbocycles. The van der Waals surface area contributed by atoms with Crippen molar-refractivity contribution in [1.29, 1.82) is 0 Å². The molecule has 27 heavy (non-hydrogen) atoms. The zero-order chi connectivity index (χ0) is 20.1. The first-order chi connectivity index (χ1) is 12.9. The van der Waals surface area contributed by atoms with Crippen LogP contribution in [0.25, 0.3) is 0 Å². The van der Waals surface area contributed by atoms with E-state index >= 15 is 0 Å². The maximum absolute atomic E-state index is 4.91. The van der Waals surface area contributed by atoms with E-state index in [1.165, 1.54) is 15.6 Å². The summed E-state index contributed by atoms with van der Waals surface area (Å²) >= 11 is 14.7. The fourth-order valence-corrected chi connectivity index (χ4v) is 4.89. The number of hydrogen-bond donors (Lipinski definition) is 0. The Kier molecular flexibility index (Phi) is 12.8. The zero-order valence-electron chi connectivity index (χ0n) is 15.8. The highest BCUT2D eigenvalue weighted by Crippen LogP contribution is 1.97. The molecule has 0 aliphatic heterocycles. The van der Waals surface area contributed by atoms with Crippen LogP contribution in [0.15, 0.2) is 91.0 Å². The van der Waals surface area contributed by atoms with Crippen molar-refractivity contribution in [2.45, 2.75) is 19.6 Å². The molecule has 0 saturated carbocycles. The van der Waals surface area contributed by atoms with E-state index in [4.69, 9.17) is 33.2 Å². The lowest BCUT2D eigenvalue weighted by Gasteiger charge is -2.16. The van der Waals surface area contributed by atoms with Crippen LogP contribution in [0.4, 0.5) is 0 Å². The molecule has 0 saturated heterocycles. The summed E-state index contributed by atoms with van der Waals surface area (Å²) in [5, 5.41) is 4.31. The summed E-state index contributed by atoms with van der Waals surface area (Å²) in [6.45, 7) is 5.34. The lowest BCUT2D eigenvalue weighted by Crippen LogP contribution is -2.51. The van der Waals surface area contributed by atoms with Gasteiger partial charge in [0.15, 0.2) is 8.80 Å². The normalized spacial score (nSPS) is 10.1. The van der Waals surface area contributed by atoms with Crippen LogP contribution in [0.5, 0.6) is 0 Å². The summed E-state index contributed by atoms with van der Waals surface area (Å²) in [5.41, 5.74) is 0. The third-order valence-electron chi connectivity index (χ3n) is 3.19. The van der Waals surface area contributed by atoms with Gasteiger partial charge in [-0.05, 0) is 0 Å². The Labute approximate surface area is 183 Å². The van der Waals surface area contributed by atoms with E-state index in [1.807, 2.05) is 0 Å². The van der Waals surface area contributed by atoms with Crippen molar-refractivity contribution in [1.82, 2.24) is 0 Å². The molecule has 3 aromatic rings. The van der Waals surface area contributed by atoms with Gasteiger partial charge in [-0.2, -0.15) is 0 Å². The number of halogens is 3. The van der Waals surface area contributed by atoms with Gasteiger partial charge in [0.25, 0.3) is 0 Å². The highest BCUT2D eigenvalue weighted by atomic mass is 35.8. The molecule has 3 radical (unpaired) electrons. The molecule has 0 unspecified atom stereocenters. The molecule has 3 aromatic carbocycles. The molecule has 0 nitrogen and oxygen atoms in total. The fraction of sp³-hybridized carbons (Fsp3) is 0.143. The highest BCUT2D eigenvalue weighted by Gasteiger charge is 2.18. The smallest absolute Gasteiger partial charge is 0.125 e. The van der Waals surface area contributed by atoms with Gasteiger partial charge in [-0.15, -0.1) is 33.2 Å². The van der Waals surface area contributed by atoms with E-state index in [0.29, 0.717) is 0 Å². The second kappa shape index (κ2) is 14.2. The minimum absolute atomic E-state index is 0.120. The Morgan fingerprint density at radius 1 is 0.481 bits per heavy atom. The number of benzene rings is 3. The van der Waals surface area contributed by atoms with Crippen LogP contribution in [0, 0.1) is 0 Å². The van der Waals surface area contributed by atoms with Crippen molar-refractivity contribution in [3.63, 3.8) is 0 Å². The molecule has 0 aromatic heterocycles. The lowest BCUT2D eigenvalue weighted by atomic mass is 10.3. The highest BCUT2D eigenvalue weighted by molar-refractivity contribution is 7.54. The van der Waals surface area contributed by atoms with Crippen LogP contribution in [0.3, 0.4) is 0 Å². The van der Waals surface area contributed by atoms with Gasteiger partial charge in [-0.3, -0.25) is 0 Å². The van der Waals surface area contributed by atoms with Crippen molar-refractivity contribution in [3.8, 4) is 0 Å². The molecule has 0 spiro atoms. The van der Waals surface area contributed by atoms with Crippen LogP contribution in [0.1, 0.15) is 0 Å². The van der Waals surface area contributed by atoms with Crippen molar-refractivity contribution in [2.24, 2.45) is 0 Å². The number of hydrogen-bond acceptors (Lipinski definition) is 0. The molecular formula is C21H24Cl3Si3.